The number of ether oxygens (including phenoxy) is 2. The van der Waals surface area contributed by atoms with Crippen LogP contribution in [0.5, 0.6) is 11.6 Å². The number of thiazole rings is 1. The van der Waals surface area contributed by atoms with Gasteiger partial charge in [-0.15, -0.1) is 11.3 Å². The van der Waals surface area contributed by atoms with Crippen LogP contribution in [0.3, 0.4) is 0 Å². The molecule has 3 N–H and O–H groups in total. The van der Waals surface area contributed by atoms with Crippen molar-refractivity contribution in [1.82, 2.24) is 19.9 Å². The Bertz CT molecular complexity index is 1410. The molecule has 192 valence electrons. The molecule has 1 unspecified atom stereocenters. The van der Waals surface area contributed by atoms with E-state index in [1.54, 1.807) is 28.5 Å². The van der Waals surface area contributed by atoms with Crippen molar-refractivity contribution in [2.45, 2.75) is 18.9 Å². The van der Waals surface area contributed by atoms with Gasteiger partial charge in [-0.25, -0.2) is 4.98 Å². The van der Waals surface area contributed by atoms with Crippen LogP contribution in [0, 0.1) is 0 Å². The van der Waals surface area contributed by atoms with Crippen molar-refractivity contribution in [2.24, 2.45) is 0 Å². The van der Waals surface area contributed by atoms with Crippen molar-refractivity contribution in [3.63, 3.8) is 0 Å². The number of carbonyl (C=O) groups excluding carboxylic acids is 1. The van der Waals surface area contributed by atoms with Gasteiger partial charge in [-0.05, 0) is 37.1 Å². The zero-order chi connectivity index (χ0) is 25.2. The highest BCUT2D eigenvalue weighted by Gasteiger charge is 2.20. The van der Waals surface area contributed by atoms with Crippen LogP contribution >= 0.6 is 11.3 Å². The van der Waals surface area contributed by atoms with E-state index in [1.807, 2.05) is 24.3 Å². The van der Waals surface area contributed by atoms with Crippen LogP contribution in [0.1, 0.15) is 23.3 Å². The number of benzene rings is 1. The molecule has 2 aliphatic rings. The lowest BCUT2D eigenvalue weighted by molar-refractivity contribution is 0.0680. The second kappa shape index (κ2) is 10.4. The fourth-order valence-electron chi connectivity index (χ4n) is 4.71. The Kier molecular flexibility index (Phi) is 6.64. The van der Waals surface area contributed by atoms with Crippen molar-refractivity contribution in [3.8, 4) is 16.8 Å². The highest BCUT2D eigenvalue weighted by atomic mass is 32.1. The summed E-state index contributed by atoms with van der Waals surface area (Å²) in [6.45, 7) is 4.79. The van der Waals surface area contributed by atoms with Gasteiger partial charge in [-0.1, -0.05) is 0 Å². The van der Waals surface area contributed by atoms with Crippen molar-refractivity contribution in [3.05, 3.63) is 53.9 Å². The van der Waals surface area contributed by atoms with E-state index in [-0.39, 0.29) is 23.6 Å². The topological polar surface area (TPSA) is 114 Å². The monoisotopic (exact) mass is 520 g/mol. The molecule has 0 saturated carbocycles. The van der Waals surface area contributed by atoms with Crippen LogP contribution in [0.15, 0.2) is 48.2 Å². The summed E-state index contributed by atoms with van der Waals surface area (Å²) in [4.78, 5) is 24.0. The van der Waals surface area contributed by atoms with Gasteiger partial charge in [0.1, 0.15) is 18.1 Å². The smallest absolute Gasteiger partial charge is 0.275 e. The van der Waals surface area contributed by atoms with Gasteiger partial charge in [0, 0.05) is 61.3 Å². The van der Waals surface area contributed by atoms with Crippen LogP contribution in [-0.2, 0) is 4.74 Å². The second-order valence-electron chi connectivity index (χ2n) is 9.12. The molecule has 0 aliphatic carbocycles. The van der Waals surface area contributed by atoms with E-state index >= 15 is 0 Å². The number of hydrogen-bond acceptors (Lipinski definition) is 9. The third-order valence-electron chi connectivity index (χ3n) is 6.65. The van der Waals surface area contributed by atoms with Crippen molar-refractivity contribution in [1.29, 1.82) is 0 Å². The Morgan fingerprint density at radius 3 is 3.03 bits per heavy atom. The molecule has 37 heavy (non-hydrogen) atoms. The van der Waals surface area contributed by atoms with Crippen LogP contribution in [0.25, 0.3) is 15.9 Å². The highest BCUT2D eigenvalue weighted by molar-refractivity contribution is 7.12. The molecule has 1 aromatic carbocycles. The number of amides is 1. The first-order valence-corrected chi connectivity index (χ1v) is 13.3. The van der Waals surface area contributed by atoms with Gasteiger partial charge >= 0.3 is 0 Å². The molecular weight excluding hydrogens is 492 g/mol. The Hall–Kier alpha value is -3.67. The maximum absolute atomic E-state index is 13.1. The first-order chi connectivity index (χ1) is 18.2. The third-order valence-corrected chi connectivity index (χ3v) is 7.49. The number of anilines is 2. The summed E-state index contributed by atoms with van der Waals surface area (Å²) in [5, 5.41) is 20.8. The average Bonchev–Trinajstić information content (AvgIpc) is 3.69. The number of aromatic nitrogens is 3. The molecule has 1 amide bonds. The molecule has 0 bridgehead atoms. The predicted molar refractivity (Wildman–Crippen MR) is 142 cm³/mol. The molecule has 10 nitrogen and oxygen atoms in total. The minimum atomic E-state index is -0.326. The molecule has 1 atom stereocenters. The normalized spacial score (nSPS) is 17.8. The fourth-order valence-corrected chi connectivity index (χ4v) is 5.49. The summed E-state index contributed by atoms with van der Waals surface area (Å²) in [7, 11) is 0. The van der Waals surface area contributed by atoms with E-state index in [2.05, 4.69) is 25.5 Å². The molecule has 4 aromatic rings. The molecule has 2 fully saturated rings. The Morgan fingerprint density at radius 1 is 1.30 bits per heavy atom. The van der Waals surface area contributed by atoms with Crippen LogP contribution in [-0.4, -0.2) is 71.0 Å². The van der Waals surface area contributed by atoms with Crippen LogP contribution in [0.2, 0.25) is 0 Å². The highest BCUT2D eigenvalue weighted by Crippen LogP contribution is 2.34. The minimum absolute atomic E-state index is 0.0650. The van der Waals surface area contributed by atoms with Gasteiger partial charge < -0.3 is 30.1 Å². The minimum Gasteiger partial charge on any atom is -0.494 e. The van der Waals surface area contributed by atoms with E-state index < -0.39 is 0 Å². The second-order valence-corrected chi connectivity index (χ2v) is 9.95. The molecule has 3 aromatic heterocycles. The number of carbonyl (C=O) groups is 1. The third kappa shape index (κ3) is 4.97. The number of nitrogens with zero attached hydrogens (tertiary/aromatic N) is 4. The quantitative estimate of drug-likeness (QED) is 0.340. The fraction of sp³-hybridized carbons (Fsp3) is 0.346. The van der Waals surface area contributed by atoms with Gasteiger partial charge in [-0.3, -0.25) is 14.3 Å². The summed E-state index contributed by atoms with van der Waals surface area (Å²) < 4.78 is 13.1. The van der Waals surface area contributed by atoms with Gasteiger partial charge in [-0.2, -0.15) is 0 Å². The summed E-state index contributed by atoms with van der Waals surface area (Å²) in [6.07, 6.45) is 7.40. The number of pyridine rings is 1. The number of rotatable bonds is 7. The lowest BCUT2D eigenvalue weighted by atomic mass is 10.2. The number of nitrogens with one attached hydrogen (secondary N) is 2. The molecule has 5 heterocycles. The average molecular weight is 521 g/mol. The zero-order valence-corrected chi connectivity index (χ0v) is 21.0. The first kappa shape index (κ1) is 23.7. The Morgan fingerprint density at radius 2 is 2.19 bits per heavy atom. The van der Waals surface area contributed by atoms with Gasteiger partial charge in [0.05, 0.1) is 23.7 Å². The zero-order valence-electron chi connectivity index (χ0n) is 20.2. The number of aromatic hydroxyl groups is 1. The summed E-state index contributed by atoms with van der Waals surface area (Å²) in [6, 6.07) is 7.47. The number of piperazine rings is 1. The number of hydrogen-bond donors (Lipinski definition) is 3. The standard InChI is InChI=1S/C26H28N6O4S/c33-24(29-21-13-28-6-5-23(21)31-9-7-27-8-10-31)22-16-37-26(30-22)32-14-17-12-18(3-4-20(17)25(32)34)36-15-19-2-1-11-35-19/h3-6,12-14,16,19,27,34H,1-2,7-11,15H2,(H,29,33). The van der Waals surface area contributed by atoms with Gasteiger partial charge in [0.2, 0.25) is 5.88 Å². The summed E-state index contributed by atoms with van der Waals surface area (Å²) in [5.74, 6) is 0.458. The van der Waals surface area contributed by atoms with Crippen molar-refractivity contribution >= 4 is 39.4 Å². The maximum atomic E-state index is 13.1. The van der Waals surface area contributed by atoms with E-state index in [4.69, 9.17) is 9.47 Å². The molecule has 0 radical (unpaired) electrons. The first-order valence-electron chi connectivity index (χ1n) is 12.4. The Labute approximate surface area is 217 Å². The predicted octanol–water partition coefficient (Wildman–Crippen LogP) is 3.41. The lowest BCUT2D eigenvalue weighted by Gasteiger charge is -2.30. The van der Waals surface area contributed by atoms with Crippen LogP contribution < -0.4 is 20.3 Å². The summed E-state index contributed by atoms with van der Waals surface area (Å²) in [5.41, 5.74) is 1.86. The van der Waals surface area contributed by atoms with E-state index in [0.29, 0.717) is 22.8 Å². The molecule has 2 saturated heterocycles. The molecule has 6 rings (SSSR count). The van der Waals surface area contributed by atoms with Crippen LogP contribution in [0.4, 0.5) is 11.4 Å². The lowest BCUT2D eigenvalue weighted by Crippen LogP contribution is -2.43. The van der Waals surface area contributed by atoms with E-state index in [0.717, 1.165) is 62.5 Å². The molecular formula is C26H28N6O4S. The Balaban J connectivity index is 1.19. The van der Waals surface area contributed by atoms with Crippen molar-refractivity contribution in [2.75, 3.05) is 49.6 Å². The molecule has 2 aliphatic heterocycles. The SMILES string of the molecule is O=C(Nc1cnccc1N1CCNCC1)c1csc(-n2cc3cc(OCC4CCCO4)ccc3c2O)n1. The van der Waals surface area contributed by atoms with Gasteiger partial charge in [0.15, 0.2) is 5.13 Å². The van der Waals surface area contributed by atoms with Crippen molar-refractivity contribution < 1.29 is 19.4 Å². The molecule has 11 heteroatoms. The summed E-state index contributed by atoms with van der Waals surface area (Å²) >= 11 is 1.28. The van der Waals surface area contributed by atoms with Gasteiger partial charge in [0.25, 0.3) is 5.91 Å². The molecule has 0 spiro atoms. The maximum Gasteiger partial charge on any atom is 0.275 e. The number of fused-ring (bicyclic) bond motifs is 1. The van der Waals surface area contributed by atoms with E-state index in [9.17, 15) is 9.90 Å². The largest absolute Gasteiger partial charge is 0.494 e. The van der Waals surface area contributed by atoms with E-state index in [1.165, 1.54) is 11.3 Å².